The number of hydrogen-bond donors (Lipinski definition) is 0. The van der Waals surface area contributed by atoms with E-state index in [1.165, 1.54) is 0 Å². The quantitative estimate of drug-likeness (QED) is 0.444. The summed E-state index contributed by atoms with van der Waals surface area (Å²) in [7, 11) is 5.98. The maximum atomic E-state index is 11.3. The Labute approximate surface area is 93.2 Å². The van der Waals surface area contributed by atoms with Crippen LogP contribution in [0.25, 0.3) is 0 Å². The highest BCUT2D eigenvalue weighted by atomic mass is 16.5. The Morgan fingerprint density at radius 3 is 2.40 bits per heavy atom. The number of ether oxygens (including phenoxy) is 1. The number of likely N-dealkylation sites (N-methyl/N-ethyl adjacent to an activating group) is 2. The number of carbonyl (C=O) groups excluding carboxylic acids is 1. The smallest absolute Gasteiger partial charge is 0.320 e. The van der Waals surface area contributed by atoms with E-state index < -0.39 is 0 Å². The summed E-state index contributed by atoms with van der Waals surface area (Å²) in [5.74, 6) is -0.121. The zero-order valence-electron chi connectivity index (χ0n) is 10.5. The molecule has 0 aliphatic carbocycles. The summed E-state index contributed by atoms with van der Waals surface area (Å²) in [5.41, 5.74) is 0. The molecule has 0 N–H and O–H groups in total. The lowest BCUT2D eigenvalue weighted by Gasteiger charge is -2.18. The standard InChI is InChI=1S/C11H24N2O2/c1-5-6-9-15-11(14)10-13(4)8-7-12(2)3/h5-10H2,1-4H3. The second-order valence-electron chi connectivity index (χ2n) is 4.12. The molecule has 0 saturated carbocycles. The van der Waals surface area contributed by atoms with Crippen molar-refractivity contribution in [2.75, 3.05) is 47.4 Å². The first kappa shape index (κ1) is 14.4. The lowest BCUT2D eigenvalue weighted by atomic mass is 10.4. The molecule has 4 heteroatoms. The van der Waals surface area contributed by atoms with Gasteiger partial charge in [-0.2, -0.15) is 0 Å². The van der Waals surface area contributed by atoms with Gasteiger partial charge in [0.15, 0.2) is 0 Å². The molecule has 0 spiro atoms. The van der Waals surface area contributed by atoms with Crippen molar-refractivity contribution in [1.82, 2.24) is 9.80 Å². The van der Waals surface area contributed by atoms with Crippen molar-refractivity contribution in [2.24, 2.45) is 0 Å². The minimum atomic E-state index is -0.121. The van der Waals surface area contributed by atoms with Crippen molar-refractivity contribution in [3.05, 3.63) is 0 Å². The lowest BCUT2D eigenvalue weighted by Crippen LogP contribution is -2.33. The molecule has 90 valence electrons. The van der Waals surface area contributed by atoms with Gasteiger partial charge in [-0.05, 0) is 27.6 Å². The molecule has 0 aromatic rings. The minimum absolute atomic E-state index is 0.121. The second kappa shape index (κ2) is 8.68. The summed E-state index contributed by atoms with van der Waals surface area (Å²) in [5, 5.41) is 0. The van der Waals surface area contributed by atoms with Gasteiger partial charge in [0.05, 0.1) is 13.2 Å². The molecule has 0 rings (SSSR count). The van der Waals surface area contributed by atoms with Crippen LogP contribution in [0.3, 0.4) is 0 Å². The molecule has 0 aliphatic heterocycles. The molecule has 0 atom stereocenters. The van der Waals surface area contributed by atoms with E-state index in [2.05, 4.69) is 11.8 Å². The Kier molecular flexibility index (Phi) is 8.33. The highest BCUT2D eigenvalue weighted by molar-refractivity contribution is 5.71. The first-order valence-electron chi connectivity index (χ1n) is 5.55. The predicted molar refractivity (Wildman–Crippen MR) is 61.9 cm³/mol. The van der Waals surface area contributed by atoms with Crippen LogP contribution < -0.4 is 0 Å². The summed E-state index contributed by atoms with van der Waals surface area (Å²) < 4.78 is 5.07. The van der Waals surface area contributed by atoms with Crippen LogP contribution in [0.1, 0.15) is 19.8 Å². The molecular weight excluding hydrogens is 192 g/mol. The summed E-state index contributed by atoms with van der Waals surface area (Å²) >= 11 is 0. The predicted octanol–water partition coefficient (Wildman–Crippen LogP) is 0.823. The molecule has 0 aromatic carbocycles. The van der Waals surface area contributed by atoms with E-state index >= 15 is 0 Å². The fraction of sp³-hybridized carbons (Fsp3) is 0.909. The van der Waals surface area contributed by atoms with E-state index in [-0.39, 0.29) is 5.97 Å². The number of rotatable bonds is 8. The zero-order chi connectivity index (χ0) is 11.7. The van der Waals surface area contributed by atoms with Crippen LogP contribution in [0.5, 0.6) is 0 Å². The third-order valence-electron chi connectivity index (χ3n) is 2.09. The number of esters is 1. The van der Waals surface area contributed by atoms with Gasteiger partial charge >= 0.3 is 5.97 Å². The summed E-state index contributed by atoms with van der Waals surface area (Å²) in [6.07, 6.45) is 2.01. The lowest BCUT2D eigenvalue weighted by molar-refractivity contribution is -0.144. The topological polar surface area (TPSA) is 32.8 Å². The van der Waals surface area contributed by atoms with Gasteiger partial charge in [0.1, 0.15) is 0 Å². The summed E-state index contributed by atoms with van der Waals surface area (Å²) in [4.78, 5) is 15.4. The highest BCUT2D eigenvalue weighted by Gasteiger charge is 2.07. The molecule has 0 amide bonds. The largest absolute Gasteiger partial charge is 0.465 e. The van der Waals surface area contributed by atoms with Crippen LogP contribution in [0.2, 0.25) is 0 Å². The monoisotopic (exact) mass is 216 g/mol. The van der Waals surface area contributed by atoms with Gasteiger partial charge in [-0.25, -0.2) is 0 Å². The van der Waals surface area contributed by atoms with Crippen molar-refractivity contribution in [3.63, 3.8) is 0 Å². The van der Waals surface area contributed by atoms with Crippen LogP contribution in [-0.4, -0.2) is 63.2 Å². The Morgan fingerprint density at radius 1 is 1.20 bits per heavy atom. The molecular formula is C11H24N2O2. The molecule has 4 nitrogen and oxygen atoms in total. The highest BCUT2D eigenvalue weighted by Crippen LogP contribution is 1.91. The summed E-state index contributed by atoms with van der Waals surface area (Å²) in [6.45, 7) is 4.86. The van der Waals surface area contributed by atoms with Crippen molar-refractivity contribution in [2.45, 2.75) is 19.8 Å². The molecule has 0 radical (unpaired) electrons. The van der Waals surface area contributed by atoms with Crippen LogP contribution >= 0.6 is 0 Å². The maximum Gasteiger partial charge on any atom is 0.320 e. The fourth-order valence-electron chi connectivity index (χ4n) is 1.05. The maximum absolute atomic E-state index is 11.3. The van der Waals surface area contributed by atoms with Crippen LogP contribution in [0.15, 0.2) is 0 Å². The van der Waals surface area contributed by atoms with Crippen molar-refractivity contribution >= 4 is 5.97 Å². The number of hydrogen-bond acceptors (Lipinski definition) is 4. The van der Waals surface area contributed by atoms with Crippen molar-refractivity contribution < 1.29 is 9.53 Å². The average molecular weight is 216 g/mol. The normalized spacial score (nSPS) is 11.1. The molecule has 0 fully saturated rings. The average Bonchev–Trinajstić information content (AvgIpc) is 2.15. The number of unbranched alkanes of at least 4 members (excludes halogenated alkanes) is 1. The first-order valence-corrected chi connectivity index (χ1v) is 5.55. The van der Waals surface area contributed by atoms with Gasteiger partial charge in [-0.3, -0.25) is 9.69 Å². The first-order chi connectivity index (χ1) is 7.06. The molecule has 0 unspecified atom stereocenters. The number of carbonyl (C=O) groups is 1. The Hall–Kier alpha value is -0.610. The fourth-order valence-corrected chi connectivity index (χ4v) is 1.05. The minimum Gasteiger partial charge on any atom is -0.465 e. The van der Waals surface area contributed by atoms with Gasteiger partial charge in [0.2, 0.25) is 0 Å². The molecule has 15 heavy (non-hydrogen) atoms. The van der Waals surface area contributed by atoms with Crippen LogP contribution in [-0.2, 0) is 9.53 Å². The second-order valence-corrected chi connectivity index (χ2v) is 4.12. The molecule has 0 heterocycles. The van der Waals surface area contributed by atoms with Gasteiger partial charge in [0.25, 0.3) is 0 Å². The molecule has 0 saturated heterocycles. The molecule has 0 aliphatic rings. The Morgan fingerprint density at radius 2 is 1.87 bits per heavy atom. The van der Waals surface area contributed by atoms with E-state index in [0.29, 0.717) is 13.2 Å². The Balaban J connectivity index is 3.49. The van der Waals surface area contributed by atoms with Crippen LogP contribution in [0, 0.1) is 0 Å². The van der Waals surface area contributed by atoms with E-state index in [0.717, 1.165) is 25.9 Å². The van der Waals surface area contributed by atoms with Crippen LogP contribution in [0.4, 0.5) is 0 Å². The van der Waals surface area contributed by atoms with Gasteiger partial charge in [-0.15, -0.1) is 0 Å². The van der Waals surface area contributed by atoms with E-state index in [1.807, 2.05) is 26.0 Å². The molecule has 0 bridgehead atoms. The zero-order valence-corrected chi connectivity index (χ0v) is 10.5. The van der Waals surface area contributed by atoms with Gasteiger partial charge < -0.3 is 9.64 Å². The SMILES string of the molecule is CCCCOC(=O)CN(C)CCN(C)C. The van der Waals surface area contributed by atoms with E-state index in [9.17, 15) is 4.79 Å². The molecule has 0 aromatic heterocycles. The van der Waals surface area contributed by atoms with E-state index in [4.69, 9.17) is 4.74 Å². The van der Waals surface area contributed by atoms with Gasteiger partial charge in [-0.1, -0.05) is 13.3 Å². The van der Waals surface area contributed by atoms with Crippen molar-refractivity contribution in [3.8, 4) is 0 Å². The Bertz CT molecular complexity index is 172. The summed E-state index contributed by atoms with van der Waals surface area (Å²) in [6, 6.07) is 0. The van der Waals surface area contributed by atoms with Gasteiger partial charge in [0, 0.05) is 13.1 Å². The third kappa shape index (κ3) is 9.69. The number of nitrogens with zero attached hydrogens (tertiary/aromatic N) is 2. The van der Waals surface area contributed by atoms with Crippen molar-refractivity contribution in [1.29, 1.82) is 0 Å². The third-order valence-corrected chi connectivity index (χ3v) is 2.09. The van der Waals surface area contributed by atoms with E-state index in [1.54, 1.807) is 0 Å².